The Kier molecular flexibility index (Phi) is 6.13. The molecule has 2 aliphatic rings. The zero-order valence-electron chi connectivity index (χ0n) is 15.6. The predicted octanol–water partition coefficient (Wildman–Crippen LogP) is 3.36. The average molecular weight is 345 g/mol. The largest absolute Gasteiger partial charge is 0.382 e. The van der Waals surface area contributed by atoms with E-state index in [1.807, 2.05) is 24.0 Å². The van der Waals surface area contributed by atoms with Gasteiger partial charge in [-0.25, -0.2) is 0 Å². The first kappa shape index (κ1) is 18.4. The van der Waals surface area contributed by atoms with Gasteiger partial charge in [-0.2, -0.15) is 0 Å². The van der Waals surface area contributed by atoms with E-state index in [0.717, 1.165) is 58.6 Å². The van der Waals surface area contributed by atoms with Crippen LogP contribution in [0.25, 0.3) is 0 Å². The molecule has 2 heterocycles. The second-order valence-electron chi connectivity index (χ2n) is 7.55. The minimum Gasteiger partial charge on any atom is -0.382 e. The molecule has 0 bridgehead atoms. The van der Waals surface area contributed by atoms with Crippen molar-refractivity contribution in [2.24, 2.45) is 5.92 Å². The third-order valence-corrected chi connectivity index (χ3v) is 5.65. The van der Waals surface area contributed by atoms with Crippen molar-refractivity contribution in [1.82, 2.24) is 4.90 Å². The van der Waals surface area contributed by atoms with Gasteiger partial charge >= 0.3 is 0 Å². The molecule has 4 heteroatoms. The van der Waals surface area contributed by atoms with E-state index in [1.165, 1.54) is 11.1 Å². The molecule has 0 aliphatic carbocycles. The predicted molar refractivity (Wildman–Crippen MR) is 98.6 cm³/mol. The fourth-order valence-corrected chi connectivity index (χ4v) is 4.11. The minimum atomic E-state index is -0.0759. The lowest BCUT2D eigenvalue weighted by molar-refractivity contribution is -0.189. The molecule has 3 rings (SSSR count). The second kappa shape index (κ2) is 8.33. The number of nitrogens with zero attached hydrogens (tertiary/aromatic N) is 1. The van der Waals surface area contributed by atoms with Crippen molar-refractivity contribution in [2.75, 3.05) is 32.9 Å². The highest BCUT2D eigenvalue weighted by atomic mass is 16.5. The number of hydrogen-bond donors (Lipinski definition) is 0. The van der Waals surface area contributed by atoms with Crippen LogP contribution in [0.1, 0.15) is 43.7 Å². The molecule has 2 saturated heterocycles. The van der Waals surface area contributed by atoms with Gasteiger partial charge in [0, 0.05) is 26.2 Å². The Bertz CT molecular complexity index is 580. The monoisotopic (exact) mass is 345 g/mol. The minimum absolute atomic E-state index is 0.0759. The summed E-state index contributed by atoms with van der Waals surface area (Å²) in [5.74, 6) is 0.929. The summed E-state index contributed by atoms with van der Waals surface area (Å²) in [7, 11) is 0. The summed E-state index contributed by atoms with van der Waals surface area (Å²) in [4.78, 5) is 14.5. The molecule has 0 aromatic heterocycles. The Morgan fingerprint density at radius 2 is 2.16 bits per heavy atom. The van der Waals surface area contributed by atoms with E-state index >= 15 is 0 Å². The maximum atomic E-state index is 12.5. The fraction of sp³-hybridized carbons (Fsp3) is 0.667. The summed E-state index contributed by atoms with van der Waals surface area (Å²) in [6, 6.07) is 8.32. The van der Waals surface area contributed by atoms with Crippen LogP contribution in [0.3, 0.4) is 0 Å². The van der Waals surface area contributed by atoms with Gasteiger partial charge < -0.3 is 14.4 Å². The van der Waals surface area contributed by atoms with E-state index in [1.54, 1.807) is 0 Å². The van der Waals surface area contributed by atoms with Crippen molar-refractivity contribution in [3.63, 3.8) is 0 Å². The molecule has 1 aromatic carbocycles. The van der Waals surface area contributed by atoms with Gasteiger partial charge in [0.05, 0.1) is 13.1 Å². The van der Waals surface area contributed by atoms with E-state index in [9.17, 15) is 4.79 Å². The first-order valence-electron chi connectivity index (χ1n) is 9.66. The van der Waals surface area contributed by atoms with Crippen LogP contribution >= 0.6 is 0 Å². The molecule has 138 valence electrons. The van der Waals surface area contributed by atoms with Gasteiger partial charge in [0.1, 0.15) is 5.60 Å². The lowest BCUT2D eigenvalue weighted by Crippen LogP contribution is -2.66. The van der Waals surface area contributed by atoms with Crippen molar-refractivity contribution >= 4 is 5.91 Å². The van der Waals surface area contributed by atoms with Gasteiger partial charge in [-0.1, -0.05) is 24.3 Å². The average Bonchev–Trinajstić information content (AvgIpc) is 2.59. The van der Waals surface area contributed by atoms with E-state index < -0.39 is 0 Å². The highest BCUT2D eigenvalue weighted by Gasteiger charge is 2.48. The molecule has 0 saturated carbocycles. The fourth-order valence-electron chi connectivity index (χ4n) is 4.11. The topological polar surface area (TPSA) is 38.8 Å². The molecule has 2 fully saturated rings. The summed E-state index contributed by atoms with van der Waals surface area (Å²) in [5.41, 5.74) is 2.46. The van der Waals surface area contributed by atoms with Crippen molar-refractivity contribution < 1.29 is 14.3 Å². The van der Waals surface area contributed by atoms with Crippen molar-refractivity contribution in [2.45, 2.75) is 51.6 Å². The summed E-state index contributed by atoms with van der Waals surface area (Å²) in [5, 5.41) is 0. The summed E-state index contributed by atoms with van der Waals surface area (Å²) in [6.07, 6.45) is 4.72. The lowest BCUT2D eigenvalue weighted by Gasteiger charge is -2.53. The quantitative estimate of drug-likeness (QED) is 0.711. The Morgan fingerprint density at radius 1 is 1.36 bits per heavy atom. The molecular weight excluding hydrogens is 314 g/mol. The van der Waals surface area contributed by atoms with E-state index in [2.05, 4.69) is 19.1 Å². The van der Waals surface area contributed by atoms with Crippen LogP contribution in [-0.2, 0) is 20.7 Å². The molecule has 0 N–H and O–H groups in total. The van der Waals surface area contributed by atoms with Crippen LogP contribution in [-0.4, -0.2) is 49.3 Å². The van der Waals surface area contributed by atoms with E-state index in [0.29, 0.717) is 12.3 Å². The molecule has 2 aliphatic heterocycles. The molecule has 4 nitrogen and oxygen atoms in total. The highest BCUT2D eigenvalue weighted by molar-refractivity contribution is 5.77. The number of carbonyl (C=O) groups excluding carboxylic acids is 1. The van der Waals surface area contributed by atoms with Crippen LogP contribution in [0.5, 0.6) is 0 Å². The lowest BCUT2D eigenvalue weighted by atomic mass is 9.79. The third kappa shape index (κ3) is 4.62. The van der Waals surface area contributed by atoms with Gasteiger partial charge in [0.25, 0.3) is 0 Å². The van der Waals surface area contributed by atoms with Gasteiger partial charge in [0.15, 0.2) is 0 Å². The second-order valence-corrected chi connectivity index (χ2v) is 7.55. The zero-order valence-corrected chi connectivity index (χ0v) is 15.6. The van der Waals surface area contributed by atoms with Gasteiger partial charge in [0.2, 0.25) is 5.91 Å². The standard InChI is InChI=1S/C21H31NO3/c1-3-24-12-10-18-11-13-25-21(14-18)15-22(16-21)20(23)9-8-19-7-5-4-6-17(19)2/h4-7,18H,3,8-16H2,1-2H3. The van der Waals surface area contributed by atoms with Gasteiger partial charge in [-0.05, 0) is 56.6 Å². The first-order valence-corrected chi connectivity index (χ1v) is 9.66. The maximum absolute atomic E-state index is 12.5. The number of carbonyl (C=O) groups is 1. The smallest absolute Gasteiger partial charge is 0.223 e. The highest BCUT2D eigenvalue weighted by Crippen LogP contribution is 2.38. The van der Waals surface area contributed by atoms with Gasteiger partial charge in [-0.15, -0.1) is 0 Å². The van der Waals surface area contributed by atoms with E-state index in [4.69, 9.17) is 9.47 Å². The number of hydrogen-bond acceptors (Lipinski definition) is 3. The Labute approximate surface area is 151 Å². The summed E-state index contributed by atoms with van der Waals surface area (Å²) in [6.45, 7) is 8.14. The summed E-state index contributed by atoms with van der Waals surface area (Å²) >= 11 is 0. The number of amides is 1. The van der Waals surface area contributed by atoms with Crippen LogP contribution in [0.2, 0.25) is 0 Å². The van der Waals surface area contributed by atoms with Gasteiger partial charge in [-0.3, -0.25) is 4.79 Å². The Morgan fingerprint density at radius 3 is 2.92 bits per heavy atom. The molecule has 1 unspecified atom stereocenters. The summed E-state index contributed by atoms with van der Waals surface area (Å²) < 4.78 is 11.6. The third-order valence-electron chi connectivity index (χ3n) is 5.65. The number of rotatable bonds is 7. The Hall–Kier alpha value is -1.39. The Balaban J connectivity index is 1.43. The molecule has 0 radical (unpaired) electrons. The number of aryl methyl sites for hydroxylation is 2. The van der Waals surface area contributed by atoms with Crippen LogP contribution < -0.4 is 0 Å². The molecular formula is C21H31NO3. The van der Waals surface area contributed by atoms with Crippen molar-refractivity contribution in [1.29, 1.82) is 0 Å². The molecule has 25 heavy (non-hydrogen) atoms. The molecule has 1 aromatic rings. The molecule has 1 spiro atoms. The van der Waals surface area contributed by atoms with Crippen molar-refractivity contribution in [3.05, 3.63) is 35.4 Å². The van der Waals surface area contributed by atoms with E-state index in [-0.39, 0.29) is 11.5 Å². The van der Waals surface area contributed by atoms with Crippen LogP contribution in [0.4, 0.5) is 0 Å². The van der Waals surface area contributed by atoms with Crippen LogP contribution in [0.15, 0.2) is 24.3 Å². The first-order chi connectivity index (χ1) is 12.1. The molecule has 1 amide bonds. The number of ether oxygens (including phenoxy) is 2. The molecule has 1 atom stereocenters. The SMILES string of the molecule is CCOCCC1CCOC2(C1)CN(C(=O)CCc1ccccc1C)C2. The number of likely N-dealkylation sites (tertiary alicyclic amines) is 1. The maximum Gasteiger partial charge on any atom is 0.223 e. The van der Waals surface area contributed by atoms with Crippen LogP contribution in [0, 0.1) is 12.8 Å². The number of benzene rings is 1. The van der Waals surface area contributed by atoms with Crippen molar-refractivity contribution in [3.8, 4) is 0 Å². The zero-order chi connectivity index (χ0) is 17.7. The normalized spacial score (nSPS) is 22.0.